The Morgan fingerprint density at radius 2 is 2.02 bits per heavy atom. The van der Waals surface area contributed by atoms with E-state index in [2.05, 4.69) is 53.6 Å². The molecule has 1 aromatic carbocycles. The number of fused-ring (bicyclic) bond motifs is 1. The average Bonchev–Trinajstić information content (AvgIpc) is 3.51. The minimum Gasteiger partial charge on any atom is -0.444 e. The number of nitrogens with zero attached hydrogens (tertiary/aromatic N) is 4. The third kappa shape index (κ3) is 7.85. The Labute approximate surface area is 249 Å². The van der Waals surface area contributed by atoms with Crippen LogP contribution in [0, 0.1) is 16.7 Å². The molecule has 0 saturated carbocycles. The van der Waals surface area contributed by atoms with Gasteiger partial charge >= 0.3 is 6.09 Å². The smallest absolute Gasteiger partial charge is 0.408 e. The molecular weight excluding hydrogens is 536 g/mol. The number of hydrogen-bond acceptors (Lipinski definition) is 10. The van der Waals surface area contributed by atoms with Gasteiger partial charge in [0.25, 0.3) is 0 Å². The van der Waals surface area contributed by atoms with Gasteiger partial charge in [-0.15, -0.1) is 0 Å². The minimum absolute atomic E-state index is 0.0536. The summed E-state index contributed by atoms with van der Waals surface area (Å²) in [4.78, 5) is 32.2. The van der Waals surface area contributed by atoms with Crippen LogP contribution < -0.4 is 16.6 Å². The van der Waals surface area contributed by atoms with Gasteiger partial charge in [-0.2, -0.15) is 5.26 Å². The molecular formula is C30H48N8O4. The summed E-state index contributed by atoms with van der Waals surface area (Å²) in [5, 5.41) is 29.6. The predicted octanol–water partition coefficient (Wildman–Crippen LogP) is 2.37. The van der Waals surface area contributed by atoms with E-state index >= 15 is 0 Å². The number of aliphatic hydroxyl groups excluding tert-OH is 1. The van der Waals surface area contributed by atoms with Crippen molar-refractivity contribution in [1.29, 1.82) is 10.7 Å². The Bertz CT molecular complexity index is 1120. The van der Waals surface area contributed by atoms with Crippen LogP contribution in [-0.2, 0) is 22.5 Å². The lowest BCUT2D eigenvalue weighted by atomic mass is 10.0. The quantitative estimate of drug-likeness (QED) is 0.175. The van der Waals surface area contributed by atoms with E-state index < -0.39 is 30.1 Å². The fourth-order valence-electron chi connectivity index (χ4n) is 6.35. The molecule has 2 amide bonds. The lowest BCUT2D eigenvalue weighted by Gasteiger charge is -2.37. The molecule has 0 spiro atoms. The van der Waals surface area contributed by atoms with E-state index in [1.54, 1.807) is 25.7 Å². The number of benzene rings is 1. The SMILES string of the molecule is C=N.CC[C@H]1CN(CC(NC(=O)OC(C)(C)C)C(=O)N2CCCCC2C#N)C(O)N1C1CCc2cc(CNN)ccc21. The molecule has 5 atom stereocenters. The van der Waals surface area contributed by atoms with Crippen molar-refractivity contribution in [1.82, 2.24) is 25.4 Å². The highest BCUT2D eigenvalue weighted by Crippen LogP contribution is 2.41. The fourth-order valence-corrected chi connectivity index (χ4v) is 6.35. The van der Waals surface area contributed by atoms with Gasteiger partial charge in [-0.3, -0.25) is 25.9 Å². The summed E-state index contributed by atoms with van der Waals surface area (Å²) in [5.41, 5.74) is 5.59. The molecule has 12 heteroatoms. The molecule has 2 saturated heterocycles. The Hall–Kier alpha value is -3.08. The van der Waals surface area contributed by atoms with Crippen molar-refractivity contribution in [2.45, 2.75) is 109 Å². The molecule has 42 heavy (non-hydrogen) atoms. The highest BCUT2D eigenvalue weighted by Gasteiger charge is 2.45. The number of nitrogens with two attached hydrogens (primary N) is 1. The van der Waals surface area contributed by atoms with Crippen molar-refractivity contribution >= 4 is 18.7 Å². The first-order valence-corrected chi connectivity index (χ1v) is 14.9. The number of hydrazine groups is 1. The molecule has 2 fully saturated rings. The second-order valence-corrected chi connectivity index (χ2v) is 12.1. The van der Waals surface area contributed by atoms with Gasteiger partial charge in [0.05, 0.1) is 6.07 Å². The molecule has 0 bridgehead atoms. The number of piperidine rings is 1. The van der Waals surface area contributed by atoms with Crippen LogP contribution in [0.5, 0.6) is 0 Å². The molecule has 232 valence electrons. The Morgan fingerprint density at radius 1 is 1.29 bits per heavy atom. The van der Waals surface area contributed by atoms with Crippen molar-refractivity contribution in [3.05, 3.63) is 34.9 Å². The Kier molecular flexibility index (Phi) is 11.8. The summed E-state index contributed by atoms with van der Waals surface area (Å²) in [5.74, 6) is 5.20. The van der Waals surface area contributed by atoms with E-state index in [4.69, 9.17) is 16.0 Å². The first kappa shape index (κ1) is 33.4. The number of likely N-dealkylation sites (tertiary alicyclic amines) is 1. The van der Waals surface area contributed by atoms with Crippen LogP contribution in [0.2, 0.25) is 0 Å². The Balaban J connectivity index is 0.00000237. The number of carbonyl (C=O) groups is 2. The van der Waals surface area contributed by atoms with Gasteiger partial charge in [-0.05, 0) is 82.7 Å². The number of carbonyl (C=O) groups excluding carboxylic acids is 2. The molecule has 0 aromatic heterocycles. The normalized spacial score (nSPS) is 25.1. The van der Waals surface area contributed by atoms with E-state index in [0.29, 0.717) is 26.1 Å². The van der Waals surface area contributed by atoms with E-state index in [1.807, 2.05) is 4.90 Å². The molecule has 12 nitrogen and oxygen atoms in total. The molecule has 2 heterocycles. The number of amides is 2. The van der Waals surface area contributed by atoms with Crippen LogP contribution in [0.15, 0.2) is 18.2 Å². The number of aryl methyl sites for hydroxylation is 1. The summed E-state index contributed by atoms with van der Waals surface area (Å²) < 4.78 is 5.47. The summed E-state index contributed by atoms with van der Waals surface area (Å²) in [6.45, 7) is 11.6. The number of nitrogens with one attached hydrogen (secondary N) is 3. The van der Waals surface area contributed by atoms with Gasteiger partial charge in [0.2, 0.25) is 5.91 Å². The van der Waals surface area contributed by atoms with Gasteiger partial charge in [-0.25, -0.2) is 4.79 Å². The van der Waals surface area contributed by atoms with Crippen molar-refractivity contribution in [2.24, 2.45) is 5.84 Å². The van der Waals surface area contributed by atoms with Crippen LogP contribution >= 0.6 is 0 Å². The molecule has 3 aliphatic rings. The first-order valence-electron chi connectivity index (χ1n) is 14.9. The summed E-state index contributed by atoms with van der Waals surface area (Å²) in [7, 11) is 0. The monoisotopic (exact) mass is 584 g/mol. The van der Waals surface area contributed by atoms with Crippen LogP contribution in [-0.4, -0.2) is 88.2 Å². The standard InChI is InChI=1S/C29H45N7O4.CH3N/c1-5-21-17-34(28(39)36(21)25-12-10-20-14-19(16-32-31)9-11-23(20)25)18-24(33-27(38)40-29(2,3)4)26(37)35-13-7-6-8-22(35)15-30;1-2/h9,11,14,21-22,24-25,28,32,39H,5-8,10,12-13,16-18,31H2,1-4H3,(H,33,38);2H,1H2/t21-,22?,24?,25?,28?;/m0./s1. The van der Waals surface area contributed by atoms with E-state index in [0.717, 1.165) is 37.7 Å². The predicted molar refractivity (Wildman–Crippen MR) is 160 cm³/mol. The number of rotatable bonds is 8. The molecule has 1 aliphatic carbocycles. The van der Waals surface area contributed by atoms with Crippen LogP contribution in [0.25, 0.3) is 0 Å². The molecule has 4 rings (SSSR count). The molecule has 6 N–H and O–H groups in total. The first-order chi connectivity index (χ1) is 20.1. The number of aliphatic hydroxyl groups is 1. The van der Waals surface area contributed by atoms with Gasteiger partial charge in [0.1, 0.15) is 17.7 Å². The van der Waals surface area contributed by atoms with E-state index in [-0.39, 0.29) is 24.5 Å². The van der Waals surface area contributed by atoms with Gasteiger partial charge in [0.15, 0.2) is 6.35 Å². The van der Waals surface area contributed by atoms with E-state index in [9.17, 15) is 20.0 Å². The van der Waals surface area contributed by atoms with E-state index in [1.165, 1.54) is 11.1 Å². The maximum Gasteiger partial charge on any atom is 0.408 e. The minimum atomic E-state index is -0.960. The molecule has 0 radical (unpaired) electrons. The lowest BCUT2D eigenvalue weighted by molar-refractivity contribution is -0.138. The van der Waals surface area contributed by atoms with Gasteiger partial charge in [0, 0.05) is 38.3 Å². The third-order valence-electron chi connectivity index (χ3n) is 8.19. The van der Waals surface area contributed by atoms with Crippen molar-refractivity contribution in [2.75, 3.05) is 19.6 Å². The van der Waals surface area contributed by atoms with Crippen LogP contribution in [0.4, 0.5) is 4.79 Å². The molecule has 1 aromatic rings. The third-order valence-corrected chi connectivity index (χ3v) is 8.19. The molecule has 2 aliphatic heterocycles. The maximum atomic E-state index is 13.8. The number of ether oxygens (including phenoxy) is 1. The van der Waals surface area contributed by atoms with Crippen molar-refractivity contribution in [3.8, 4) is 6.07 Å². The topological polar surface area (TPSA) is 171 Å². The number of hydrogen-bond donors (Lipinski definition) is 5. The zero-order chi connectivity index (χ0) is 31.0. The van der Waals surface area contributed by atoms with Gasteiger partial charge < -0.3 is 25.5 Å². The lowest BCUT2D eigenvalue weighted by Crippen LogP contribution is -2.58. The summed E-state index contributed by atoms with van der Waals surface area (Å²) in [6, 6.07) is 7.28. The second kappa shape index (κ2) is 14.9. The zero-order valence-corrected chi connectivity index (χ0v) is 25.4. The Morgan fingerprint density at radius 3 is 2.67 bits per heavy atom. The average molecular weight is 585 g/mol. The second-order valence-electron chi connectivity index (χ2n) is 12.1. The zero-order valence-electron chi connectivity index (χ0n) is 25.4. The summed E-state index contributed by atoms with van der Waals surface area (Å²) in [6.07, 6.45) is 3.34. The highest BCUT2D eigenvalue weighted by molar-refractivity contribution is 5.86. The van der Waals surface area contributed by atoms with Crippen LogP contribution in [0.1, 0.15) is 82.5 Å². The summed E-state index contributed by atoms with van der Waals surface area (Å²) >= 11 is 0. The fraction of sp³-hybridized carbons (Fsp3) is 0.667. The van der Waals surface area contributed by atoms with Crippen molar-refractivity contribution < 1.29 is 19.4 Å². The van der Waals surface area contributed by atoms with Crippen LogP contribution in [0.3, 0.4) is 0 Å². The van der Waals surface area contributed by atoms with Gasteiger partial charge in [-0.1, -0.05) is 25.1 Å². The highest BCUT2D eigenvalue weighted by atomic mass is 16.6. The number of nitriles is 1. The number of alkyl carbamates (subject to hydrolysis) is 1. The molecule has 4 unspecified atom stereocenters. The maximum absolute atomic E-state index is 13.8. The largest absolute Gasteiger partial charge is 0.444 e. The van der Waals surface area contributed by atoms with Crippen molar-refractivity contribution in [3.63, 3.8) is 0 Å².